The normalized spacial score (nSPS) is 15.7. The van der Waals surface area contributed by atoms with Crippen molar-refractivity contribution >= 4 is 16.6 Å². The number of aromatic nitrogens is 3. The number of alkyl halides is 2. The van der Waals surface area contributed by atoms with Crippen LogP contribution in [0.3, 0.4) is 0 Å². The number of piperazine rings is 1. The number of fused-ring (bicyclic) bond motifs is 1. The minimum Gasteiger partial charge on any atom is -0.448 e. The van der Waals surface area contributed by atoms with E-state index in [2.05, 4.69) is 19.8 Å². The first-order chi connectivity index (χ1) is 13.1. The van der Waals surface area contributed by atoms with Crippen LogP contribution in [-0.4, -0.2) is 52.0 Å². The van der Waals surface area contributed by atoms with E-state index >= 15 is 0 Å². The predicted molar refractivity (Wildman–Crippen MR) is 96.0 cm³/mol. The smallest absolute Gasteiger partial charge is 0.261 e. The largest absolute Gasteiger partial charge is 0.448 e. The van der Waals surface area contributed by atoms with Crippen molar-refractivity contribution in [3.8, 4) is 0 Å². The highest BCUT2D eigenvalue weighted by Crippen LogP contribution is 2.21. The van der Waals surface area contributed by atoms with E-state index in [1.807, 2.05) is 12.1 Å². The van der Waals surface area contributed by atoms with Crippen molar-refractivity contribution in [2.24, 2.45) is 0 Å². The maximum atomic E-state index is 12.6. The Kier molecular flexibility index (Phi) is 4.85. The average Bonchev–Trinajstić information content (AvgIpc) is 3.17. The summed E-state index contributed by atoms with van der Waals surface area (Å²) < 4.78 is 31.3. The topological polar surface area (TPSA) is 67.4 Å². The molecular weight excluding hydrogens is 356 g/mol. The first kappa shape index (κ1) is 17.6. The predicted octanol–water partition coefficient (Wildman–Crippen LogP) is 1.97. The van der Waals surface area contributed by atoms with E-state index in [9.17, 15) is 13.6 Å². The summed E-state index contributed by atoms with van der Waals surface area (Å²) in [5.74, 6) is 0.707. The number of anilines is 1. The summed E-state index contributed by atoms with van der Waals surface area (Å²) in [5, 5.41) is 0.351. The van der Waals surface area contributed by atoms with Crippen LogP contribution in [0.15, 0.2) is 46.2 Å². The average molecular weight is 375 g/mol. The molecule has 1 aliphatic heterocycles. The summed E-state index contributed by atoms with van der Waals surface area (Å²) >= 11 is 0. The molecule has 0 radical (unpaired) electrons. The second-order valence-corrected chi connectivity index (χ2v) is 6.48. The van der Waals surface area contributed by atoms with Crippen LogP contribution in [0.2, 0.25) is 0 Å². The van der Waals surface area contributed by atoms with Gasteiger partial charge in [-0.25, -0.2) is 18.7 Å². The molecule has 4 rings (SSSR count). The van der Waals surface area contributed by atoms with Crippen LogP contribution >= 0.6 is 0 Å². The van der Waals surface area contributed by atoms with E-state index in [1.54, 1.807) is 18.5 Å². The Labute approximate surface area is 153 Å². The molecule has 0 atom stereocenters. The van der Waals surface area contributed by atoms with Crippen LogP contribution in [0.5, 0.6) is 0 Å². The Balaban J connectivity index is 1.47. The van der Waals surface area contributed by atoms with Crippen molar-refractivity contribution in [3.05, 3.63) is 53.2 Å². The minimum atomic E-state index is -2.59. The van der Waals surface area contributed by atoms with Gasteiger partial charge < -0.3 is 9.32 Å². The molecule has 3 heterocycles. The van der Waals surface area contributed by atoms with E-state index in [-0.39, 0.29) is 0 Å². The second kappa shape index (κ2) is 7.43. The molecule has 0 spiro atoms. The monoisotopic (exact) mass is 375 g/mol. The molecular formula is C18H19F2N5O2. The Morgan fingerprint density at radius 2 is 1.96 bits per heavy atom. The number of hydrogen-bond donors (Lipinski definition) is 0. The van der Waals surface area contributed by atoms with Gasteiger partial charge in [-0.1, -0.05) is 0 Å². The quantitative estimate of drug-likeness (QED) is 0.679. The second-order valence-electron chi connectivity index (χ2n) is 6.48. The molecule has 0 unspecified atom stereocenters. The molecule has 1 aliphatic rings. The Morgan fingerprint density at radius 1 is 1.15 bits per heavy atom. The molecule has 9 heteroatoms. The van der Waals surface area contributed by atoms with Crippen molar-refractivity contribution < 1.29 is 13.2 Å². The van der Waals surface area contributed by atoms with Crippen LogP contribution in [0.4, 0.5) is 14.5 Å². The van der Waals surface area contributed by atoms with E-state index in [4.69, 9.17) is 4.42 Å². The first-order valence-corrected chi connectivity index (χ1v) is 8.73. The molecule has 1 fully saturated rings. The maximum absolute atomic E-state index is 12.6. The first-order valence-electron chi connectivity index (χ1n) is 8.73. The van der Waals surface area contributed by atoms with Gasteiger partial charge >= 0.3 is 0 Å². The zero-order valence-corrected chi connectivity index (χ0v) is 14.6. The molecule has 1 saturated heterocycles. The zero-order chi connectivity index (χ0) is 18.8. The molecule has 1 aromatic carbocycles. The highest BCUT2D eigenvalue weighted by molar-refractivity contribution is 5.81. The van der Waals surface area contributed by atoms with Gasteiger partial charge in [-0.3, -0.25) is 14.3 Å². The van der Waals surface area contributed by atoms with Crippen molar-refractivity contribution in [2.45, 2.75) is 19.5 Å². The molecule has 7 nitrogen and oxygen atoms in total. The molecule has 3 aromatic rings. The molecule has 0 amide bonds. The number of hydrogen-bond acceptors (Lipinski definition) is 6. The van der Waals surface area contributed by atoms with Crippen molar-refractivity contribution in [2.75, 3.05) is 31.1 Å². The number of rotatable bonds is 5. The van der Waals surface area contributed by atoms with Crippen molar-refractivity contribution in [3.63, 3.8) is 0 Å². The van der Waals surface area contributed by atoms with Gasteiger partial charge in [0.15, 0.2) is 0 Å². The molecule has 2 aromatic heterocycles. The van der Waals surface area contributed by atoms with Crippen molar-refractivity contribution in [1.29, 1.82) is 0 Å². The summed E-state index contributed by atoms with van der Waals surface area (Å²) in [6.07, 6.45) is 1.81. The van der Waals surface area contributed by atoms with Crippen LogP contribution in [-0.2, 0) is 13.1 Å². The van der Waals surface area contributed by atoms with E-state index in [0.717, 1.165) is 36.4 Å². The van der Waals surface area contributed by atoms with Gasteiger partial charge in [0.2, 0.25) is 5.89 Å². The lowest BCUT2D eigenvalue weighted by atomic mass is 10.2. The summed E-state index contributed by atoms with van der Waals surface area (Å²) in [7, 11) is 0. The third-order valence-corrected chi connectivity index (χ3v) is 4.72. The van der Waals surface area contributed by atoms with E-state index < -0.39 is 18.5 Å². The van der Waals surface area contributed by atoms with Gasteiger partial charge in [0, 0.05) is 31.9 Å². The number of benzene rings is 1. The molecule has 142 valence electrons. The summed E-state index contributed by atoms with van der Waals surface area (Å²) in [6.45, 7) is 3.43. The van der Waals surface area contributed by atoms with E-state index in [0.29, 0.717) is 23.3 Å². The summed E-state index contributed by atoms with van der Waals surface area (Å²) in [4.78, 5) is 25.1. The highest BCUT2D eigenvalue weighted by atomic mass is 19.3. The fourth-order valence-corrected chi connectivity index (χ4v) is 3.31. The van der Waals surface area contributed by atoms with Crippen LogP contribution in [0.1, 0.15) is 5.89 Å². The lowest BCUT2D eigenvalue weighted by molar-refractivity contribution is 0.125. The van der Waals surface area contributed by atoms with Gasteiger partial charge in [-0.2, -0.15) is 0 Å². The number of nitrogens with zero attached hydrogens (tertiary/aromatic N) is 5. The van der Waals surface area contributed by atoms with Crippen molar-refractivity contribution in [1.82, 2.24) is 19.4 Å². The molecule has 0 N–H and O–H groups in total. The Bertz CT molecular complexity index is 966. The maximum Gasteiger partial charge on any atom is 0.261 e. The van der Waals surface area contributed by atoms with Gasteiger partial charge in [-0.05, 0) is 18.2 Å². The molecule has 0 aliphatic carbocycles. The Hall–Kier alpha value is -2.81. The molecule has 27 heavy (non-hydrogen) atoms. The number of halogens is 2. The van der Waals surface area contributed by atoms with Crippen LogP contribution in [0.25, 0.3) is 10.9 Å². The summed E-state index contributed by atoms with van der Waals surface area (Å²) in [6, 6.07) is 5.36. The fourth-order valence-electron chi connectivity index (χ4n) is 3.31. The molecule has 0 saturated carbocycles. The standard InChI is InChI=1S/C18H19F2N5O2/c19-16(20)10-25-12-22-15-9-13(1-2-14(15)18(25)26)24-6-4-23(5-7-24)11-17-21-3-8-27-17/h1-3,8-9,12,16H,4-7,10-11H2. The summed E-state index contributed by atoms with van der Waals surface area (Å²) in [5.41, 5.74) is 1.05. The SMILES string of the molecule is O=c1c2ccc(N3CCN(Cc4ncco4)CC3)cc2ncn1CC(F)F. The highest BCUT2D eigenvalue weighted by Gasteiger charge is 2.19. The lowest BCUT2D eigenvalue weighted by Gasteiger charge is -2.35. The zero-order valence-electron chi connectivity index (χ0n) is 14.6. The third kappa shape index (κ3) is 3.82. The third-order valence-electron chi connectivity index (χ3n) is 4.72. The number of oxazole rings is 1. The van der Waals surface area contributed by atoms with Gasteiger partial charge in [-0.15, -0.1) is 0 Å². The van der Waals surface area contributed by atoms with E-state index in [1.165, 1.54) is 6.33 Å². The van der Waals surface area contributed by atoms with Gasteiger partial charge in [0.25, 0.3) is 12.0 Å². The molecule has 0 bridgehead atoms. The lowest BCUT2D eigenvalue weighted by Crippen LogP contribution is -2.46. The van der Waals surface area contributed by atoms with Gasteiger partial charge in [0.1, 0.15) is 6.26 Å². The fraction of sp³-hybridized carbons (Fsp3) is 0.389. The van der Waals surface area contributed by atoms with Crippen LogP contribution in [0, 0.1) is 0 Å². The minimum absolute atomic E-state index is 0.351. The van der Waals surface area contributed by atoms with Gasteiger partial charge in [0.05, 0.1) is 36.5 Å². The van der Waals surface area contributed by atoms with Crippen LogP contribution < -0.4 is 10.5 Å². The Morgan fingerprint density at radius 3 is 2.67 bits per heavy atom.